The third-order valence-corrected chi connectivity index (χ3v) is 1.81. The average molecular weight is 213 g/mol. The van der Waals surface area contributed by atoms with Crippen LogP contribution in [0.15, 0.2) is 27.7 Å². The summed E-state index contributed by atoms with van der Waals surface area (Å²) in [6.07, 6.45) is 1.44. The van der Waals surface area contributed by atoms with Gasteiger partial charge in [-0.05, 0) is 34.1 Å². The van der Waals surface area contributed by atoms with Gasteiger partial charge in [-0.2, -0.15) is 4.99 Å². The summed E-state index contributed by atoms with van der Waals surface area (Å²) in [6.45, 7) is 0. The first-order valence-corrected chi connectivity index (χ1v) is 3.66. The SMILES string of the molecule is Nc1ccc(Br)c(N=C=O)c1. The Kier molecular flexibility index (Phi) is 2.41. The minimum atomic E-state index is 0.500. The van der Waals surface area contributed by atoms with E-state index in [2.05, 4.69) is 20.9 Å². The van der Waals surface area contributed by atoms with Gasteiger partial charge in [0, 0.05) is 10.2 Å². The zero-order chi connectivity index (χ0) is 8.27. The summed E-state index contributed by atoms with van der Waals surface area (Å²) in [5, 5.41) is 0. The van der Waals surface area contributed by atoms with Gasteiger partial charge in [-0.3, -0.25) is 0 Å². The van der Waals surface area contributed by atoms with Crippen molar-refractivity contribution in [1.82, 2.24) is 0 Å². The highest BCUT2D eigenvalue weighted by Crippen LogP contribution is 2.26. The molecule has 0 amide bonds. The number of anilines is 1. The Bertz CT molecular complexity index is 318. The maximum absolute atomic E-state index is 9.88. The van der Waals surface area contributed by atoms with Crippen LogP contribution in [0.2, 0.25) is 0 Å². The quantitative estimate of drug-likeness (QED) is 0.440. The van der Waals surface area contributed by atoms with E-state index in [-0.39, 0.29) is 0 Å². The molecule has 0 bridgehead atoms. The molecule has 0 unspecified atom stereocenters. The molecule has 11 heavy (non-hydrogen) atoms. The molecule has 4 heteroatoms. The number of isocyanates is 1. The van der Waals surface area contributed by atoms with Crippen molar-refractivity contribution in [2.75, 3.05) is 5.73 Å². The molecule has 1 rings (SSSR count). The zero-order valence-corrected chi connectivity index (χ0v) is 7.13. The fourth-order valence-corrected chi connectivity index (χ4v) is 1.000. The Morgan fingerprint density at radius 2 is 2.27 bits per heavy atom. The lowest BCUT2D eigenvalue weighted by Crippen LogP contribution is -1.82. The number of nitrogens with two attached hydrogens (primary N) is 1. The lowest BCUT2D eigenvalue weighted by molar-refractivity contribution is 0.565. The van der Waals surface area contributed by atoms with Crippen molar-refractivity contribution < 1.29 is 4.79 Å². The van der Waals surface area contributed by atoms with Crippen LogP contribution in [0.4, 0.5) is 11.4 Å². The Morgan fingerprint density at radius 1 is 1.55 bits per heavy atom. The van der Waals surface area contributed by atoms with Crippen molar-refractivity contribution >= 4 is 33.4 Å². The summed E-state index contributed by atoms with van der Waals surface area (Å²) in [4.78, 5) is 13.3. The predicted octanol–water partition coefficient (Wildman–Crippen LogP) is 2.00. The third-order valence-electron chi connectivity index (χ3n) is 1.14. The molecule has 0 aromatic heterocycles. The van der Waals surface area contributed by atoms with E-state index in [0.29, 0.717) is 11.4 Å². The Hall–Kier alpha value is -1.12. The summed E-state index contributed by atoms with van der Waals surface area (Å²) >= 11 is 3.20. The van der Waals surface area contributed by atoms with Crippen molar-refractivity contribution in [3.8, 4) is 0 Å². The highest BCUT2D eigenvalue weighted by molar-refractivity contribution is 9.10. The molecule has 0 atom stereocenters. The molecule has 0 aliphatic carbocycles. The van der Waals surface area contributed by atoms with E-state index in [9.17, 15) is 4.79 Å². The van der Waals surface area contributed by atoms with Gasteiger partial charge in [0.15, 0.2) is 0 Å². The van der Waals surface area contributed by atoms with Crippen molar-refractivity contribution in [3.63, 3.8) is 0 Å². The summed E-state index contributed by atoms with van der Waals surface area (Å²) in [5.74, 6) is 0. The third kappa shape index (κ3) is 1.90. The normalized spacial score (nSPS) is 8.82. The van der Waals surface area contributed by atoms with E-state index in [1.807, 2.05) is 0 Å². The largest absolute Gasteiger partial charge is 0.399 e. The van der Waals surface area contributed by atoms with Gasteiger partial charge in [0.25, 0.3) is 0 Å². The van der Waals surface area contributed by atoms with Crippen LogP contribution in [0.3, 0.4) is 0 Å². The predicted molar refractivity (Wildman–Crippen MR) is 46.3 cm³/mol. The number of benzene rings is 1. The Labute approximate surface area is 72.1 Å². The van der Waals surface area contributed by atoms with E-state index < -0.39 is 0 Å². The van der Waals surface area contributed by atoms with Crippen LogP contribution < -0.4 is 5.73 Å². The van der Waals surface area contributed by atoms with Gasteiger partial charge in [0.05, 0.1) is 5.69 Å². The van der Waals surface area contributed by atoms with E-state index in [0.717, 1.165) is 4.47 Å². The summed E-state index contributed by atoms with van der Waals surface area (Å²) in [6, 6.07) is 5.04. The van der Waals surface area contributed by atoms with Gasteiger partial charge in [-0.15, -0.1) is 0 Å². The minimum absolute atomic E-state index is 0.500. The van der Waals surface area contributed by atoms with E-state index in [1.54, 1.807) is 18.2 Å². The molecule has 0 saturated heterocycles. The molecule has 1 aromatic rings. The van der Waals surface area contributed by atoms with Crippen LogP contribution in [0.25, 0.3) is 0 Å². The fraction of sp³-hybridized carbons (Fsp3) is 0. The first kappa shape index (κ1) is 7.98. The number of carbonyl (C=O) groups excluding carboxylic acids is 1. The van der Waals surface area contributed by atoms with Gasteiger partial charge in [0.2, 0.25) is 6.08 Å². The molecule has 0 heterocycles. The van der Waals surface area contributed by atoms with Gasteiger partial charge >= 0.3 is 0 Å². The molecule has 0 spiro atoms. The maximum Gasteiger partial charge on any atom is 0.240 e. The van der Waals surface area contributed by atoms with E-state index >= 15 is 0 Å². The van der Waals surface area contributed by atoms with Crippen LogP contribution in [0.5, 0.6) is 0 Å². The second kappa shape index (κ2) is 3.32. The maximum atomic E-state index is 9.88. The molecule has 2 N–H and O–H groups in total. The van der Waals surface area contributed by atoms with Crippen molar-refractivity contribution in [1.29, 1.82) is 0 Å². The Balaban J connectivity index is 3.22. The zero-order valence-electron chi connectivity index (χ0n) is 5.54. The molecule has 1 aromatic carbocycles. The van der Waals surface area contributed by atoms with Crippen LogP contribution >= 0.6 is 15.9 Å². The summed E-state index contributed by atoms with van der Waals surface area (Å²) in [5.41, 5.74) is 6.52. The summed E-state index contributed by atoms with van der Waals surface area (Å²) in [7, 11) is 0. The number of halogens is 1. The lowest BCUT2D eigenvalue weighted by Gasteiger charge is -1.96. The van der Waals surface area contributed by atoms with Crippen molar-refractivity contribution in [2.45, 2.75) is 0 Å². The van der Waals surface area contributed by atoms with Crippen molar-refractivity contribution in [3.05, 3.63) is 22.7 Å². The molecular weight excluding hydrogens is 208 g/mol. The second-order valence-corrected chi connectivity index (χ2v) is 2.77. The second-order valence-electron chi connectivity index (χ2n) is 1.91. The smallest absolute Gasteiger partial charge is 0.240 e. The average Bonchev–Trinajstić information content (AvgIpc) is 1.98. The van der Waals surface area contributed by atoms with Crippen LogP contribution in [0.1, 0.15) is 0 Å². The highest BCUT2D eigenvalue weighted by Gasteiger charge is 1.96. The molecule has 0 aliphatic heterocycles. The number of hydrogen-bond donors (Lipinski definition) is 1. The lowest BCUT2D eigenvalue weighted by atomic mass is 10.3. The standard InChI is InChI=1S/C7H5BrN2O/c8-6-2-1-5(9)3-7(6)10-4-11/h1-3H,9H2. The molecule has 0 aliphatic rings. The monoisotopic (exact) mass is 212 g/mol. The van der Waals surface area contributed by atoms with Crippen LogP contribution in [0, 0.1) is 0 Å². The highest BCUT2D eigenvalue weighted by atomic mass is 79.9. The van der Waals surface area contributed by atoms with Gasteiger partial charge in [0.1, 0.15) is 0 Å². The number of aliphatic imine (C=N–C) groups is 1. The number of nitrogen functional groups attached to an aromatic ring is 1. The molecule has 0 saturated carbocycles. The number of rotatable bonds is 1. The Morgan fingerprint density at radius 3 is 2.91 bits per heavy atom. The minimum Gasteiger partial charge on any atom is -0.399 e. The topological polar surface area (TPSA) is 55.4 Å². The number of hydrogen-bond acceptors (Lipinski definition) is 3. The van der Waals surface area contributed by atoms with Gasteiger partial charge in [-0.1, -0.05) is 0 Å². The van der Waals surface area contributed by atoms with Crippen LogP contribution in [-0.2, 0) is 4.79 Å². The van der Waals surface area contributed by atoms with E-state index in [1.165, 1.54) is 6.08 Å². The van der Waals surface area contributed by atoms with Crippen molar-refractivity contribution in [2.24, 2.45) is 4.99 Å². The first-order valence-electron chi connectivity index (χ1n) is 2.87. The van der Waals surface area contributed by atoms with Gasteiger partial charge in [-0.25, -0.2) is 4.79 Å². The summed E-state index contributed by atoms with van der Waals surface area (Å²) < 4.78 is 0.732. The molecule has 0 fully saturated rings. The van der Waals surface area contributed by atoms with Crippen LogP contribution in [-0.4, -0.2) is 6.08 Å². The first-order chi connectivity index (χ1) is 5.24. The fourth-order valence-electron chi connectivity index (χ4n) is 0.665. The molecule has 3 nitrogen and oxygen atoms in total. The molecular formula is C7H5BrN2O. The van der Waals surface area contributed by atoms with Gasteiger partial charge < -0.3 is 5.73 Å². The molecule has 0 radical (unpaired) electrons. The van der Waals surface area contributed by atoms with E-state index in [4.69, 9.17) is 5.73 Å². The number of nitrogens with zero attached hydrogens (tertiary/aromatic N) is 1. The molecule has 56 valence electrons.